The molecule has 2 aromatic heterocycles. The summed E-state index contributed by atoms with van der Waals surface area (Å²) in [6.07, 6.45) is 5.03. The molecule has 3 atom stereocenters. The summed E-state index contributed by atoms with van der Waals surface area (Å²) in [6.45, 7) is 5.23. The van der Waals surface area contributed by atoms with Gasteiger partial charge in [0.25, 0.3) is 0 Å². The maximum atomic E-state index is 12.9. The van der Waals surface area contributed by atoms with Crippen LogP contribution < -0.4 is 10.1 Å². The summed E-state index contributed by atoms with van der Waals surface area (Å²) >= 11 is 0. The maximum Gasteiger partial charge on any atom is 0.346 e. The molecule has 1 aliphatic rings. The van der Waals surface area contributed by atoms with Crippen LogP contribution in [0, 0.1) is 5.92 Å². The lowest BCUT2D eigenvalue weighted by molar-refractivity contribution is -0.145. The van der Waals surface area contributed by atoms with Crippen molar-refractivity contribution < 1.29 is 18.8 Å². The molecular weight excluding hydrogens is 709 g/mol. The van der Waals surface area contributed by atoms with Gasteiger partial charge in [-0.2, -0.15) is 14.5 Å². The Morgan fingerprint density at radius 3 is 2.00 bits per heavy atom. The quantitative estimate of drug-likeness (QED) is 0.0893. The van der Waals surface area contributed by atoms with E-state index in [0.717, 1.165) is 22.3 Å². The Bertz CT molecular complexity index is 2110. The highest BCUT2D eigenvalue weighted by molar-refractivity contribution is 7.48. The van der Waals surface area contributed by atoms with Crippen molar-refractivity contribution in [2.24, 2.45) is 5.92 Å². The Morgan fingerprint density at radius 1 is 0.891 bits per heavy atom. The largest absolute Gasteiger partial charge is 0.471 e. The van der Waals surface area contributed by atoms with Gasteiger partial charge in [0, 0.05) is 33.1 Å². The summed E-state index contributed by atoms with van der Waals surface area (Å²) < 4.78 is 23.5. The third kappa shape index (κ3) is 8.22. The van der Waals surface area contributed by atoms with Crippen LogP contribution in [-0.4, -0.2) is 81.2 Å². The Labute approximate surface area is 323 Å². The number of benzene rings is 4. The van der Waals surface area contributed by atoms with Crippen LogP contribution in [0.4, 0.5) is 5.95 Å². The van der Waals surface area contributed by atoms with E-state index in [1.54, 1.807) is 6.33 Å². The fraction of sp³-hybridized carbons (Fsp3) is 0.279. The third-order valence-electron chi connectivity index (χ3n) is 9.73. The van der Waals surface area contributed by atoms with Crippen molar-refractivity contribution in [3.05, 3.63) is 150 Å². The van der Waals surface area contributed by atoms with Gasteiger partial charge >= 0.3 is 7.92 Å². The smallest absolute Gasteiger partial charge is 0.346 e. The normalized spacial score (nSPS) is 16.7. The Balaban J connectivity index is 1.37. The molecule has 1 amide bonds. The highest BCUT2D eigenvalue weighted by atomic mass is 31.1. The van der Waals surface area contributed by atoms with Crippen molar-refractivity contribution in [1.29, 1.82) is 0 Å². The van der Waals surface area contributed by atoms with Crippen molar-refractivity contribution in [3.63, 3.8) is 0 Å². The molecule has 11 nitrogen and oxygen atoms in total. The Hall–Kier alpha value is -5.29. The molecule has 55 heavy (non-hydrogen) atoms. The third-order valence-corrected chi connectivity index (χ3v) is 11.1. The standard InChI is InChI=1S/C43H46N7O4P/c1-31(2)40(51)46-42-45-39-38(41(47-42)52-28-32-18-10-6-11-19-32)44-30-50(39)37-27-49(26-36(54-37)29-53-55(5)48(3)4)43(33-20-12-7-13-21-33,34-22-14-8-15-23-34)35-24-16-9-17-25-35/h6-25,30-31,36-37H,5,26-29H2,1-4H3/p+1/t36-,37+/m0/s1. The molecular formula is C43H47N7O4P+. The molecule has 1 N–H and O–H groups in total. The SMILES string of the molecule is C=[P+](OC[C@@H]1CN(C(c2ccccc2)(c2ccccc2)c2ccccc2)C[C@H](n2cnc3c(OCc4ccccc4)nc(NC(=O)C(C)C)nc32)O1)N(C)C. The van der Waals surface area contributed by atoms with Crippen molar-refractivity contribution in [2.75, 3.05) is 39.1 Å². The predicted molar refractivity (Wildman–Crippen MR) is 218 cm³/mol. The van der Waals surface area contributed by atoms with Gasteiger partial charge in [0.1, 0.15) is 31.8 Å². The number of fused-ring (bicyclic) bond motifs is 1. The van der Waals surface area contributed by atoms with Crippen molar-refractivity contribution in [2.45, 2.75) is 38.3 Å². The fourth-order valence-corrected chi connectivity index (χ4v) is 7.51. The molecule has 0 saturated carbocycles. The van der Waals surface area contributed by atoms with Crippen LogP contribution in [0.1, 0.15) is 42.3 Å². The first kappa shape index (κ1) is 38.0. The molecule has 1 aliphatic heterocycles. The van der Waals surface area contributed by atoms with Gasteiger partial charge in [-0.3, -0.25) is 19.6 Å². The summed E-state index contributed by atoms with van der Waals surface area (Å²) in [5.74, 6) is -0.0955. The maximum absolute atomic E-state index is 12.9. The minimum absolute atomic E-state index is 0.129. The van der Waals surface area contributed by atoms with Crippen molar-refractivity contribution in [1.82, 2.24) is 29.1 Å². The van der Waals surface area contributed by atoms with E-state index in [2.05, 4.69) is 94.3 Å². The Kier molecular flexibility index (Phi) is 11.8. The number of nitrogens with zero attached hydrogens (tertiary/aromatic N) is 6. The number of amides is 1. The fourth-order valence-electron chi connectivity index (χ4n) is 6.95. The molecule has 7 rings (SSSR count). The van der Waals surface area contributed by atoms with Gasteiger partial charge in [0.05, 0.1) is 11.9 Å². The second-order valence-electron chi connectivity index (χ2n) is 14.0. The first-order valence-electron chi connectivity index (χ1n) is 18.4. The number of imidazole rings is 1. The molecule has 0 aliphatic carbocycles. The van der Waals surface area contributed by atoms with Gasteiger partial charge in [-0.15, -0.1) is 4.67 Å². The van der Waals surface area contributed by atoms with E-state index in [1.807, 2.05) is 85.7 Å². The zero-order valence-corrected chi connectivity index (χ0v) is 32.5. The average Bonchev–Trinajstić information content (AvgIpc) is 3.65. The van der Waals surface area contributed by atoms with Crippen LogP contribution >= 0.6 is 7.92 Å². The van der Waals surface area contributed by atoms with Gasteiger partial charge in [-0.05, 0) is 22.3 Å². The number of hydrogen-bond donors (Lipinski definition) is 1. The molecule has 1 saturated heterocycles. The number of aromatic nitrogens is 4. The summed E-state index contributed by atoms with van der Waals surface area (Å²) in [7, 11) is 2.84. The monoisotopic (exact) mass is 756 g/mol. The highest BCUT2D eigenvalue weighted by Crippen LogP contribution is 2.45. The predicted octanol–water partition coefficient (Wildman–Crippen LogP) is 7.51. The lowest BCUT2D eigenvalue weighted by Crippen LogP contribution is -2.57. The minimum atomic E-state index is -1.08. The number of hydrogen-bond acceptors (Lipinski definition) is 9. The van der Waals surface area contributed by atoms with Gasteiger partial charge in [-0.1, -0.05) is 135 Å². The van der Waals surface area contributed by atoms with Crippen LogP contribution in [0.2, 0.25) is 0 Å². The van der Waals surface area contributed by atoms with E-state index in [9.17, 15) is 4.79 Å². The summed E-state index contributed by atoms with van der Waals surface area (Å²) in [5, 5.41) is 2.88. The molecule has 0 spiro atoms. The Morgan fingerprint density at radius 2 is 1.45 bits per heavy atom. The topological polar surface area (TPSA) is 107 Å². The second kappa shape index (κ2) is 17.0. The number of nitrogens with one attached hydrogen (secondary N) is 1. The molecule has 1 unspecified atom stereocenters. The second-order valence-corrected chi connectivity index (χ2v) is 15.8. The van der Waals surface area contributed by atoms with E-state index in [1.165, 1.54) is 0 Å². The number of anilines is 1. The van der Waals surface area contributed by atoms with Crippen LogP contribution in [-0.2, 0) is 26.2 Å². The van der Waals surface area contributed by atoms with Crippen LogP contribution in [0.5, 0.6) is 5.88 Å². The van der Waals surface area contributed by atoms with Gasteiger partial charge in [0.15, 0.2) is 11.2 Å². The van der Waals surface area contributed by atoms with Gasteiger partial charge in [-0.25, -0.2) is 4.98 Å². The minimum Gasteiger partial charge on any atom is -0.471 e. The zero-order chi connectivity index (χ0) is 38.4. The number of carbonyl (C=O) groups excluding carboxylic acids is 1. The summed E-state index contributed by atoms with van der Waals surface area (Å²) in [4.78, 5) is 29.7. The van der Waals surface area contributed by atoms with Crippen molar-refractivity contribution in [3.8, 4) is 5.88 Å². The lowest BCUT2D eigenvalue weighted by Gasteiger charge is -2.50. The highest BCUT2D eigenvalue weighted by Gasteiger charge is 2.47. The first-order valence-corrected chi connectivity index (χ1v) is 19.8. The van der Waals surface area contributed by atoms with Crippen LogP contribution in [0.3, 0.4) is 0 Å². The van der Waals surface area contributed by atoms with E-state index in [4.69, 9.17) is 24.0 Å². The molecule has 0 bridgehead atoms. The molecule has 1 fully saturated rings. The molecule has 3 heterocycles. The number of carbonyl (C=O) groups is 1. The van der Waals surface area contributed by atoms with E-state index in [-0.39, 0.29) is 36.4 Å². The van der Waals surface area contributed by atoms with Crippen LogP contribution in [0.25, 0.3) is 11.2 Å². The number of rotatable bonds is 14. The van der Waals surface area contributed by atoms with E-state index in [0.29, 0.717) is 30.9 Å². The van der Waals surface area contributed by atoms with Crippen molar-refractivity contribution >= 4 is 37.2 Å². The average molecular weight is 757 g/mol. The number of morpholine rings is 1. The summed E-state index contributed by atoms with van der Waals surface area (Å²) in [5.41, 5.74) is 4.54. The molecule has 6 aromatic rings. The molecule has 12 heteroatoms. The van der Waals surface area contributed by atoms with Crippen LogP contribution in [0.15, 0.2) is 128 Å². The molecule has 4 aromatic carbocycles. The van der Waals surface area contributed by atoms with E-state index >= 15 is 0 Å². The lowest BCUT2D eigenvalue weighted by atomic mass is 9.75. The summed E-state index contributed by atoms with van der Waals surface area (Å²) in [6, 6.07) is 41.7. The zero-order valence-electron chi connectivity index (χ0n) is 31.7. The van der Waals surface area contributed by atoms with Gasteiger partial charge in [0.2, 0.25) is 17.7 Å². The number of ether oxygens (including phenoxy) is 2. The van der Waals surface area contributed by atoms with Gasteiger partial charge < -0.3 is 9.47 Å². The first-order chi connectivity index (χ1) is 26.7. The van der Waals surface area contributed by atoms with E-state index < -0.39 is 19.7 Å². The molecule has 0 radical (unpaired) electrons. The molecule has 282 valence electrons.